The molecule has 0 saturated carbocycles. The van der Waals surface area contributed by atoms with E-state index in [1.165, 1.54) is 0 Å². The molecule has 0 bridgehead atoms. The van der Waals surface area contributed by atoms with Crippen LogP contribution in [0.15, 0.2) is 48.5 Å². The van der Waals surface area contributed by atoms with E-state index in [0.717, 1.165) is 26.8 Å². The third kappa shape index (κ3) is 6.95. The topological polar surface area (TPSA) is 0 Å². The lowest BCUT2D eigenvalue weighted by Crippen LogP contribution is -2.05. The molecule has 0 radical (unpaired) electrons. The van der Waals surface area contributed by atoms with Gasteiger partial charge in [0.1, 0.15) is 0 Å². The Kier molecular flexibility index (Phi) is 9.47. The fraction of sp³-hybridized carbons (Fsp3) is 0.143. The van der Waals surface area contributed by atoms with Gasteiger partial charge in [-0.15, -0.1) is 0 Å². The summed E-state index contributed by atoms with van der Waals surface area (Å²) in [5.41, 5.74) is 0. The third-order valence-electron chi connectivity index (χ3n) is 2.26. The van der Waals surface area contributed by atoms with Crippen molar-refractivity contribution in [3.05, 3.63) is 58.6 Å². The molecule has 0 unspecified atom stereocenters. The van der Waals surface area contributed by atoms with Gasteiger partial charge in [0.05, 0.1) is 6.63 Å². The second-order valence-corrected chi connectivity index (χ2v) is 10.1. The molecule has 2 aromatic carbocycles. The number of halogens is 4. The molecule has 0 atom stereocenters. The maximum absolute atomic E-state index is 6.09. The van der Waals surface area contributed by atoms with Gasteiger partial charge < -0.3 is 0 Å². The first-order valence-electron chi connectivity index (χ1n) is 5.89. The highest BCUT2D eigenvalue weighted by Gasteiger charge is 2.03. The van der Waals surface area contributed by atoms with E-state index in [1.54, 1.807) is 0 Å². The minimum atomic E-state index is -0.654. The van der Waals surface area contributed by atoms with Crippen LogP contribution in [0, 0.1) is 0 Å². The first-order chi connectivity index (χ1) is 9.54. The van der Waals surface area contributed by atoms with Crippen LogP contribution in [0.2, 0.25) is 10.0 Å². The number of hydrogen-bond donors (Lipinski definition) is 0. The highest BCUT2D eigenvalue weighted by Crippen LogP contribution is 2.45. The van der Waals surface area contributed by atoms with E-state index in [1.807, 2.05) is 55.5 Å². The van der Waals surface area contributed by atoms with Crippen molar-refractivity contribution in [3.8, 4) is 0 Å². The van der Waals surface area contributed by atoms with Crippen LogP contribution in [0.4, 0.5) is 0 Å². The fourth-order valence-electron chi connectivity index (χ4n) is 1.27. The second kappa shape index (κ2) is 10.2. The van der Waals surface area contributed by atoms with E-state index in [0.29, 0.717) is 8.58 Å². The molecule has 0 heterocycles. The van der Waals surface area contributed by atoms with Crippen molar-refractivity contribution in [2.24, 2.45) is 0 Å². The molecule has 20 heavy (non-hydrogen) atoms. The van der Waals surface area contributed by atoms with Crippen molar-refractivity contribution in [2.75, 3.05) is 6.16 Å². The molecule has 0 aliphatic rings. The minimum Gasteiger partial charge on any atom is -0.0836 e. The quantitative estimate of drug-likeness (QED) is 0.535. The maximum Gasteiger partial charge on any atom is 0.0851 e. The number of benzene rings is 2. The van der Waals surface area contributed by atoms with Crippen molar-refractivity contribution in [2.45, 2.75) is 6.92 Å². The van der Waals surface area contributed by atoms with E-state index in [-0.39, 0.29) is 0 Å². The minimum absolute atomic E-state index is 0.511. The van der Waals surface area contributed by atoms with Gasteiger partial charge in [0.2, 0.25) is 0 Å². The molecule has 0 saturated heterocycles. The van der Waals surface area contributed by atoms with Gasteiger partial charge in [0, 0.05) is 10.0 Å². The molecule has 0 aromatic heterocycles. The van der Waals surface area contributed by atoms with Crippen molar-refractivity contribution in [1.82, 2.24) is 0 Å². The first kappa shape index (κ1) is 18.5. The molecule has 2 rings (SSSR count). The van der Waals surface area contributed by atoms with Gasteiger partial charge >= 0.3 is 0 Å². The van der Waals surface area contributed by atoms with Gasteiger partial charge in [-0.05, 0) is 28.9 Å². The smallest absolute Gasteiger partial charge is 0.0836 e. The number of rotatable bonds is 3. The Morgan fingerprint density at radius 2 is 1.20 bits per heavy atom. The lowest BCUT2D eigenvalue weighted by atomic mass is 10.4. The lowest BCUT2D eigenvalue weighted by molar-refractivity contribution is 1.53. The molecular weight excluding hydrogens is 372 g/mol. The van der Waals surface area contributed by atoms with Crippen LogP contribution in [0.1, 0.15) is 6.92 Å². The van der Waals surface area contributed by atoms with Crippen molar-refractivity contribution in [3.63, 3.8) is 0 Å². The monoisotopic (exact) mass is 384 g/mol. The van der Waals surface area contributed by atoms with Gasteiger partial charge in [-0.3, -0.25) is 0 Å². The zero-order valence-electron chi connectivity index (χ0n) is 10.8. The molecule has 2 aromatic rings. The largest absolute Gasteiger partial charge is 0.0851 e. The van der Waals surface area contributed by atoms with Gasteiger partial charge in [-0.1, -0.05) is 97.6 Å². The summed E-state index contributed by atoms with van der Waals surface area (Å²) < 4.78 is 0. The van der Waals surface area contributed by atoms with Gasteiger partial charge in [0.15, 0.2) is 0 Å². The van der Waals surface area contributed by atoms with Crippen molar-refractivity contribution < 1.29 is 0 Å². The molecule has 0 aliphatic carbocycles. The highest BCUT2D eigenvalue weighted by molar-refractivity contribution is 8.03. The fourth-order valence-corrected chi connectivity index (χ4v) is 2.88. The molecule has 0 nitrogen and oxygen atoms in total. The highest BCUT2D eigenvalue weighted by atomic mass is 35.9. The van der Waals surface area contributed by atoms with Gasteiger partial charge in [-0.2, -0.15) is 0 Å². The van der Waals surface area contributed by atoms with Gasteiger partial charge in [0.25, 0.3) is 0 Å². The zero-order valence-corrected chi connectivity index (χ0v) is 15.7. The van der Waals surface area contributed by atoms with Crippen LogP contribution in [0.3, 0.4) is 0 Å². The lowest BCUT2D eigenvalue weighted by Gasteiger charge is -2.05. The van der Waals surface area contributed by atoms with Gasteiger partial charge in [-0.25, -0.2) is 0 Å². The normalized spacial score (nSPS) is 10.1. The van der Waals surface area contributed by atoms with E-state index < -0.39 is 6.63 Å². The Hall–Kier alpha value is 0.460. The molecule has 108 valence electrons. The summed E-state index contributed by atoms with van der Waals surface area (Å²) in [6, 6.07) is 15.7. The average Bonchev–Trinajstić information content (AvgIpc) is 2.44. The Morgan fingerprint density at radius 1 is 0.850 bits per heavy atom. The second-order valence-electron chi connectivity index (χ2n) is 3.70. The summed E-state index contributed by atoms with van der Waals surface area (Å²) in [7, 11) is 0.511. The van der Waals surface area contributed by atoms with E-state index in [9.17, 15) is 0 Å². The van der Waals surface area contributed by atoms with Crippen LogP contribution in [0.25, 0.3) is 0 Å². The average molecular weight is 386 g/mol. The van der Waals surface area contributed by atoms with Crippen LogP contribution >= 0.6 is 60.9 Å². The summed E-state index contributed by atoms with van der Waals surface area (Å²) in [6.45, 7) is 1.31. The molecule has 0 spiro atoms. The van der Waals surface area contributed by atoms with E-state index >= 15 is 0 Å². The SMILES string of the molecule is CCP(Cl)Cl.Clc1ccccc1Pc1ccccc1Cl. The maximum atomic E-state index is 6.09. The van der Waals surface area contributed by atoms with Crippen molar-refractivity contribution >= 4 is 71.5 Å². The first-order valence-corrected chi connectivity index (χ1v) is 11.0. The summed E-state index contributed by atoms with van der Waals surface area (Å²) in [6.07, 6.45) is 0.901. The molecule has 0 fully saturated rings. The van der Waals surface area contributed by atoms with Crippen LogP contribution < -0.4 is 10.6 Å². The molecule has 6 heteroatoms. The summed E-state index contributed by atoms with van der Waals surface area (Å²) >= 11 is 22.8. The summed E-state index contributed by atoms with van der Waals surface area (Å²) in [5.74, 6) is 0. The van der Waals surface area contributed by atoms with E-state index in [4.69, 9.17) is 45.7 Å². The van der Waals surface area contributed by atoms with Crippen molar-refractivity contribution in [1.29, 1.82) is 0 Å². The standard InChI is InChI=1S/C12H9Cl2P.C2H5Cl2P/c13-9-5-1-3-7-11(9)15-12-8-4-2-6-10(12)14;1-2-5(3)4/h1-8,15H;2H2,1H3. The summed E-state index contributed by atoms with van der Waals surface area (Å²) in [4.78, 5) is 0. The van der Waals surface area contributed by atoms with Crippen LogP contribution in [0.5, 0.6) is 0 Å². The molecule has 0 aliphatic heterocycles. The predicted molar refractivity (Wildman–Crippen MR) is 99.7 cm³/mol. The number of hydrogen-bond acceptors (Lipinski definition) is 0. The Morgan fingerprint density at radius 3 is 1.50 bits per heavy atom. The van der Waals surface area contributed by atoms with E-state index in [2.05, 4.69) is 0 Å². The summed E-state index contributed by atoms with van der Waals surface area (Å²) in [5, 5.41) is 3.87. The molecule has 0 N–H and O–H groups in total. The predicted octanol–water partition coefficient (Wildman–Crippen LogP) is 6.42. The molecule has 0 amide bonds. The Labute approximate surface area is 142 Å². The van der Waals surface area contributed by atoms with Crippen LogP contribution in [-0.4, -0.2) is 6.16 Å². The Bertz CT molecular complexity index is 489. The zero-order chi connectivity index (χ0) is 15.0. The molecular formula is C14H14Cl4P2. The third-order valence-corrected chi connectivity index (χ3v) is 6.56. The Balaban J connectivity index is 0.000000347. The van der Waals surface area contributed by atoms with Crippen LogP contribution in [-0.2, 0) is 0 Å².